The van der Waals surface area contributed by atoms with Crippen molar-refractivity contribution in [2.75, 3.05) is 5.75 Å². The SMILES string of the molecule is CCSNC(N)CC. The predicted molar refractivity (Wildman–Crippen MR) is 39.5 cm³/mol. The first-order chi connectivity index (χ1) is 3.81. The Morgan fingerprint density at radius 2 is 2.25 bits per heavy atom. The van der Waals surface area contributed by atoms with Gasteiger partial charge in [-0.3, -0.25) is 0 Å². The first-order valence-corrected chi connectivity index (χ1v) is 3.92. The molecule has 0 aliphatic carbocycles. The molecular formula is C5H14N2S. The summed E-state index contributed by atoms with van der Waals surface area (Å²) in [5.74, 6) is 1.08. The molecule has 0 aromatic heterocycles. The standard InChI is InChI=1S/C5H14N2S/c1-3-5(6)7-8-4-2/h5,7H,3-4,6H2,1-2H3. The van der Waals surface area contributed by atoms with Crippen LogP contribution in [0.5, 0.6) is 0 Å². The predicted octanol–water partition coefficient (Wildman–Crippen LogP) is 0.939. The molecule has 0 bridgehead atoms. The molecule has 0 saturated heterocycles. The second-order valence-corrected chi connectivity index (χ2v) is 2.67. The molecule has 0 radical (unpaired) electrons. The average Bonchev–Trinajstić information content (AvgIpc) is 1.83. The van der Waals surface area contributed by atoms with Gasteiger partial charge in [0, 0.05) is 5.75 Å². The minimum Gasteiger partial charge on any atom is -0.315 e. The van der Waals surface area contributed by atoms with Crippen LogP contribution in [0.15, 0.2) is 0 Å². The summed E-state index contributed by atoms with van der Waals surface area (Å²) in [5, 5.41) is 0. The Bertz CT molecular complexity index is 49.7. The zero-order chi connectivity index (χ0) is 6.41. The van der Waals surface area contributed by atoms with Crippen molar-refractivity contribution in [2.45, 2.75) is 26.4 Å². The first-order valence-electron chi connectivity index (χ1n) is 2.94. The van der Waals surface area contributed by atoms with Gasteiger partial charge in [-0.2, -0.15) is 0 Å². The van der Waals surface area contributed by atoms with Gasteiger partial charge in [0.2, 0.25) is 0 Å². The van der Waals surface area contributed by atoms with E-state index in [4.69, 9.17) is 5.73 Å². The zero-order valence-corrected chi connectivity index (χ0v) is 6.29. The topological polar surface area (TPSA) is 38.0 Å². The van der Waals surface area contributed by atoms with Gasteiger partial charge < -0.3 is 5.73 Å². The molecule has 50 valence electrons. The molecule has 1 unspecified atom stereocenters. The number of nitrogens with one attached hydrogen (secondary N) is 1. The van der Waals surface area contributed by atoms with Crippen LogP contribution in [0.1, 0.15) is 20.3 Å². The van der Waals surface area contributed by atoms with Gasteiger partial charge in [0.25, 0.3) is 0 Å². The molecule has 0 aliphatic heterocycles. The molecule has 0 spiro atoms. The molecule has 1 atom stereocenters. The maximum Gasteiger partial charge on any atom is 0.0639 e. The summed E-state index contributed by atoms with van der Waals surface area (Å²) < 4.78 is 3.08. The Morgan fingerprint density at radius 1 is 1.62 bits per heavy atom. The van der Waals surface area contributed by atoms with E-state index in [9.17, 15) is 0 Å². The van der Waals surface area contributed by atoms with Crippen molar-refractivity contribution in [1.29, 1.82) is 0 Å². The second-order valence-electron chi connectivity index (χ2n) is 1.57. The van der Waals surface area contributed by atoms with E-state index in [-0.39, 0.29) is 6.17 Å². The number of hydrogen-bond donors (Lipinski definition) is 2. The molecule has 0 aromatic rings. The van der Waals surface area contributed by atoms with Gasteiger partial charge in [-0.05, 0) is 6.42 Å². The molecule has 0 aromatic carbocycles. The first kappa shape index (κ1) is 8.27. The smallest absolute Gasteiger partial charge is 0.0639 e. The summed E-state index contributed by atoms with van der Waals surface area (Å²) in [6.07, 6.45) is 1.16. The van der Waals surface area contributed by atoms with E-state index in [0.29, 0.717) is 0 Å². The highest BCUT2D eigenvalue weighted by Crippen LogP contribution is 1.92. The third-order valence-corrected chi connectivity index (χ3v) is 1.58. The minimum absolute atomic E-state index is 0.167. The lowest BCUT2D eigenvalue weighted by Gasteiger charge is -2.07. The quantitative estimate of drug-likeness (QED) is 0.444. The number of nitrogens with two attached hydrogens (primary N) is 1. The molecule has 3 N–H and O–H groups in total. The maximum absolute atomic E-state index is 5.53. The molecule has 2 nitrogen and oxygen atoms in total. The summed E-state index contributed by atoms with van der Waals surface area (Å²) in [6, 6.07) is 0. The third-order valence-electron chi connectivity index (χ3n) is 0.819. The lowest BCUT2D eigenvalue weighted by molar-refractivity contribution is 0.638. The van der Waals surface area contributed by atoms with Gasteiger partial charge >= 0.3 is 0 Å². The van der Waals surface area contributed by atoms with E-state index in [1.165, 1.54) is 0 Å². The van der Waals surface area contributed by atoms with Crippen molar-refractivity contribution < 1.29 is 0 Å². The zero-order valence-electron chi connectivity index (χ0n) is 5.48. The molecule has 3 heteroatoms. The molecule has 0 heterocycles. The second kappa shape index (κ2) is 5.41. The number of rotatable bonds is 4. The largest absolute Gasteiger partial charge is 0.315 e. The van der Waals surface area contributed by atoms with Crippen molar-refractivity contribution >= 4 is 11.9 Å². The van der Waals surface area contributed by atoms with Gasteiger partial charge in [0.05, 0.1) is 6.17 Å². The van der Waals surface area contributed by atoms with Crippen LogP contribution in [0.25, 0.3) is 0 Å². The minimum atomic E-state index is 0.167. The van der Waals surface area contributed by atoms with Crippen LogP contribution in [0, 0.1) is 0 Å². The normalized spacial score (nSPS) is 13.9. The fourth-order valence-corrected chi connectivity index (χ4v) is 0.821. The summed E-state index contributed by atoms with van der Waals surface area (Å²) in [7, 11) is 0. The lowest BCUT2D eigenvalue weighted by Crippen LogP contribution is -2.31. The van der Waals surface area contributed by atoms with Gasteiger partial charge in [-0.1, -0.05) is 25.8 Å². The monoisotopic (exact) mass is 134 g/mol. The Kier molecular flexibility index (Phi) is 5.59. The van der Waals surface area contributed by atoms with Crippen molar-refractivity contribution in [3.05, 3.63) is 0 Å². The molecular weight excluding hydrogens is 120 g/mol. The summed E-state index contributed by atoms with van der Waals surface area (Å²) >= 11 is 1.67. The maximum atomic E-state index is 5.53. The van der Waals surface area contributed by atoms with Gasteiger partial charge in [0.15, 0.2) is 0 Å². The van der Waals surface area contributed by atoms with E-state index in [2.05, 4.69) is 18.6 Å². The van der Waals surface area contributed by atoms with Crippen molar-refractivity contribution in [2.24, 2.45) is 5.73 Å². The fraction of sp³-hybridized carbons (Fsp3) is 1.00. The molecule has 0 aliphatic rings. The van der Waals surface area contributed by atoms with Gasteiger partial charge in [-0.15, -0.1) is 0 Å². The Labute approximate surface area is 55.3 Å². The van der Waals surface area contributed by atoms with Crippen LogP contribution in [0.2, 0.25) is 0 Å². The van der Waals surface area contributed by atoms with Crippen LogP contribution < -0.4 is 10.5 Å². The van der Waals surface area contributed by atoms with Crippen LogP contribution in [-0.4, -0.2) is 11.9 Å². The highest BCUT2D eigenvalue weighted by molar-refractivity contribution is 7.97. The van der Waals surface area contributed by atoms with E-state index < -0.39 is 0 Å². The van der Waals surface area contributed by atoms with E-state index >= 15 is 0 Å². The average molecular weight is 134 g/mol. The van der Waals surface area contributed by atoms with Crippen LogP contribution >= 0.6 is 11.9 Å². The summed E-state index contributed by atoms with van der Waals surface area (Å²) in [4.78, 5) is 0. The van der Waals surface area contributed by atoms with Gasteiger partial charge in [-0.25, -0.2) is 4.72 Å². The lowest BCUT2D eigenvalue weighted by atomic mass is 10.4. The Balaban J connectivity index is 2.86. The molecule has 0 rings (SSSR count). The van der Waals surface area contributed by atoms with Crippen LogP contribution in [0.4, 0.5) is 0 Å². The Morgan fingerprint density at radius 3 is 2.62 bits per heavy atom. The van der Waals surface area contributed by atoms with E-state index in [1.807, 2.05) is 0 Å². The molecule has 0 fully saturated rings. The van der Waals surface area contributed by atoms with Crippen molar-refractivity contribution in [1.82, 2.24) is 4.72 Å². The van der Waals surface area contributed by atoms with Crippen LogP contribution in [-0.2, 0) is 0 Å². The van der Waals surface area contributed by atoms with E-state index in [0.717, 1.165) is 12.2 Å². The third kappa shape index (κ3) is 4.43. The fourth-order valence-electron chi connectivity index (χ4n) is 0.274. The Hall–Kier alpha value is 0.270. The molecule has 0 saturated carbocycles. The molecule has 0 amide bonds. The highest BCUT2D eigenvalue weighted by Gasteiger charge is 1.92. The van der Waals surface area contributed by atoms with Gasteiger partial charge in [0.1, 0.15) is 0 Å². The molecule has 8 heavy (non-hydrogen) atoms. The summed E-state index contributed by atoms with van der Waals surface area (Å²) in [5.41, 5.74) is 5.53. The number of hydrogen-bond acceptors (Lipinski definition) is 3. The van der Waals surface area contributed by atoms with Crippen molar-refractivity contribution in [3.63, 3.8) is 0 Å². The highest BCUT2D eigenvalue weighted by atomic mass is 32.2. The van der Waals surface area contributed by atoms with Crippen LogP contribution in [0.3, 0.4) is 0 Å². The van der Waals surface area contributed by atoms with Crippen molar-refractivity contribution in [3.8, 4) is 0 Å². The summed E-state index contributed by atoms with van der Waals surface area (Å²) in [6.45, 7) is 4.16. The van der Waals surface area contributed by atoms with E-state index in [1.54, 1.807) is 11.9 Å².